The number of rotatable bonds is 2. The Morgan fingerprint density at radius 3 is 2.91 bits per heavy atom. The predicted molar refractivity (Wildman–Crippen MR) is 83.6 cm³/mol. The molecule has 0 unspecified atom stereocenters. The normalized spacial score (nSPS) is 16.3. The van der Waals surface area contributed by atoms with Crippen molar-refractivity contribution in [2.24, 2.45) is 5.41 Å². The lowest BCUT2D eigenvalue weighted by Crippen LogP contribution is -2.36. The molecule has 0 fully saturated rings. The molecule has 0 atom stereocenters. The molecule has 0 bridgehead atoms. The van der Waals surface area contributed by atoms with Gasteiger partial charge in [0.05, 0.1) is 10.9 Å². The van der Waals surface area contributed by atoms with Crippen LogP contribution in [0.2, 0.25) is 0 Å². The number of nitrogens with zero attached hydrogens (tertiary/aromatic N) is 2. The second kappa shape index (κ2) is 5.23. The third-order valence-corrected chi connectivity index (χ3v) is 4.15. The summed E-state index contributed by atoms with van der Waals surface area (Å²) in [5.41, 5.74) is 1.67. The zero-order valence-corrected chi connectivity index (χ0v) is 13.2. The van der Waals surface area contributed by atoms with Gasteiger partial charge in [-0.05, 0) is 29.5 Å². The first-order valence-electron chi connectivity index (χ1n) is 7.51. The second-order valence-corrected chi connectivity index (χ2v) is 6.72. The number of hydrogen-bond donors (Lipinski definition) is 0. The van der Waals surface area contributed by atoms with Crippen molar-refractivity contribution in [2.75, 3.05) is 0 Å². The zero-order chi connectivity index (χ0) is 15.9. The van der Waals surface area contributed by atoms with Crippen LogP contribution in [0.4, 0.5) is 0 Å². The summed E-state index contributed by atoms with van der Waals surface area (Å²) in [6.07, 6.45) is 1.84. The van der Waals surface area contributed by atoms with Crippen molar-refractivity contribution in [1.29, 1.82) is 0 Å². The van der Waals surface area contributed by atoms with Crippen LogP contribution in [-0.4, -0.2) is 15.5 Å². The molecule has 0 saturated carbocycles. The van der Waals surface area contributed by atoms with E-state index in [1.54, 1.807) is 10.6 Å². The van der Waals surface area contributed by atoms with Crippen molar-refractivity contribution in [3.8, 4) is 0 Å². The van der Waals surface area contributed by atoms with Crippen molar-refractivity contribution in [3.63, 3.8) is 0 Å². The molecule has 0 saturated heterocycles. The molecule has 0 spiro atoms. The molecular weight excluding hydrogens is 280 g/mol. The number of benzene rings is 1. The van der Waals surface area contributed by atoms with Gasteiger partial charge in [0.1, 0.15) is 12.4 Å². The van der Waals surface area contributed by atoms with Gasteiger partial charge in [0.2, 0.25) is 0 Å². The minimum atomic E-state index is -0.319. The summed E-state index contributed by atoms with van der Waals surface area (Å²) in [6.45, 7) is 6.64. The maximum atomic E-state index is 12.7. The highest BCUT2D eigenvalue weighted by Crippen LogP contribution is 2.29. The van der Waals surface area contributed by atoms with Crippen molar-refractivity contribution < 1.29 is 9.53 Å². The van der Waals surface area contributed by atoms with Crippen LogP contribution in [0.3, 0.4) is 0 Å². The number of aromatic nitrogens is 2. The molecule has 3 rings (SSSR count). The standard InChI is InChI=1S/C17H20N2O3/c1-11(20)22-9-12-4-5-13-14(8-12)18-15-6-7-17(2,3)10-19(15)16(13)21/h4-5,8H,6-7,9-10H2,1-3H3. The van der Waals surface area contributed by atoms with Crippen molar-refractivity contribution >= 4 is 16.9 Å². The van der Waals surface area contributed by atoms with Gasteiger partial charge in [-0.15, -0.1) is 0 Å². The first-order valence-corrected chi connectivity index (χ1v) is 7.51. The molecule has 1 aromatic heterocycles. The Kier molecular flexibility index (Phi) is 3.51. The lowest BCUT2D eigenvalue weighted by molar-refractivity contribution is -0.142. The minimum Gasteiger partial charge on any atom is -0.461 e. The summed E-state index contributed by atoms with van der Waals surface area (Å²) in [4.78, 5) is 28.2. The number of esters is 1. The first kappa shape index (κ1) is 14.8. The Morgan fingerprint density at radius 2 is 2.18 bits per heavy atom. The molecule has 5 nitrogen and oxygen atoms in total. The number of hydrogen-bond acceptors (Lipinski definition) is 4. The highest BCUT2D eigenvalue weighted by Gasteiger charge is 2.27. The fourth-order valence-corrected chi connectivity index (χ4v) is 2.90. The van der Waals surface area contributed by atoms with Crippen LogP contribution in [0.5, 0.6) is 0 Å². The second-order valence-electron chi connectivity index (χ2n) is 6.72. The van der Waals surface area contributed by atoms with Crippen molar-refractivity contribution in [3.05, 3.63) is 39.9 Å². The summed E-state index contributed by atoms with van der Waals surface area (Å²) < 4.78 is 6.80. The monoisotopic (exact) mass is 300 g/mol. The average molecular weight is 300 g/mol. The van der Waals surface area contributed by atoms with Gasteiger partial charge < -0.3 is 4.74 Å². The van der Waals surface area contributed by atoms with Gasteiger partial charge in [-0.1, -0.05) is 19.9 Å². The van der Waals surface area contributed by atoms with E-state index in [9.17, 15) is 9.59 Å². The SMILES string of the molecule is CC(=O)OCc1ccc2c(=O)n3c(nc2c1)CCC(C)(C)C3. The van der Waals surface area contributed by atoms with E-state index in [-0.39, 0.29) is 23.6 Å². The van der Waals surface area contributed by atoms with E-state index in [4.69, 9.17) is 4.74 Å². The quantitative estimate of drug-likeness (QED) is 0.799. The van der Waals surface area contributed by atoms with E-state index in [2.05, 4.69) is 18.8 Å². The van der Waals surface area contributed by atoms with Crippen LogP contribution >= 0.6 is 0 Å². The Balaban J connectivity index is 2.05. The highest BCUT2D eigenvalue weighted by atomic mass is 16.5. The van der Waals surface area contributed by atoms with Crippen molar-refractivity contribution in [2.45, 2.75) is 46.8 Å². The fraction of sp³-hybridized carbons (Fsp3) is 0.471. The van der Waals surface area contributed by atoms with Crippen LogP contribution in [0, 0.1) is 5.41 Å². The molecule has 1 aromatic carbocycles. The van der Waals surface area contributed by atoms with Crippen LogP contribution in [0.25, 0.3) is 10.9 Å². The van der Waals surface area contributed by atoms with E-state index in [1.807, 2.05) is 12.1 Å². The number of aryl methyl sites for hydroxylation is 1. The molecule has 2 heterocycles. The summed E-state index contributed by atoms with van der Waals surface area (Å²) in [7, 11) is 0. The highest BCUT2D eigenvalue weighted by molar-refractivity contribution is 5.78. The average Bonchev–Trinajstić information content (AvgIpc) is 2.45. The van der Waals surface area contributed by atoms with E-state index in [0.717, 1.165) is 24.2 Å². The third-order valence-electron chi connectivity index (χ3n) is 4.15. The van der Waals surface area contributed by atoms with Gasteiger partial charge in [-0.25, -0.2) is 4.98 Å². The topological polar surface area (TPSA) is 61.2 Å². The maximum absolute atomic E-state index is 12.7. The van der Waals surface area contributed by atoms with Gasteiger partial charge in [0, 0.05) is 19.9 Å². The lowest BCUT2D eigenvalue weighted by atomic mass is 9.85. The Labute approximate surface area is 128 Å². The van der Waals surface area contributed by atoms with Gasteiger partial charge >= 0.3 is 5.97 Å². The summed E-state index contributed by atoms with van der Waals surface area (Å²) in [5.74, 6) is 0.530. The van der Waals surface area contributed by atoms with Crippen LogP contribution in [0.15, 0.2) is 23.0 Å². The summed E-state index contributed by atoms with van der Waals surface area (Å²) in [6, 6.07) is 5.42. The van der Waals surface area contributed by atoms with E-state index >= 15 is 0 Å². The third kappa shape index (κ3) is 2.75. The smallest absolute Gasteiger partial charge is 0.302 e. The molecule has 0 aliphatic carbocycles. The molecule has 0 amide bonds. The number of fused-ring (bicyclic) bond motifs is 2. The van der Waals surface area contributed by atoms with E-state index < -0.39 is 0 Å². The Bertz CT molecular complexity index is 805. The van der Waals surface area contributed by atoms with E-state index in [1.165, 1.54) is 6.92 Å². The molecular formula is C17H20N2O3. The number of carbonyl (C=O) groups excluding carboxylic acids is 1. The van der Waals surface area contributed by atoms with Crippen LogP contribution in [0.1, 0.15) is 38.6 Å². The Hall–Kier alpha value is -2.17. The number of carbonyl (C=O) groups is 1. The largest absolute Gasteiger partial charge is 0.461 e. The van der Waals surface area contributed by atoms with Crippen LogP contribution in [-0.2, 0) is 29.1 Å². The lowest BCUT2D eigenvalue weighted by Gasteiger charge is -2.31. The molecule has 5 heteroatoms. The molecule has 0 radical (unpaired) electrons. The number of ether oxygens (including phenoxy) is 1. The van der Waals surface area contributed by atoms with E-state index in [0.29, 0.717) is 17.4 Å². The van der Waals surface area contributed by atoms with Gasteiger partial charge in [-0.3, -0.25) is 14.2 Å². The molecule has 2 aromatic rings. The van der Waals surface area contributed by atoms with Gasteiger partial charge in [-0.2, -0.15) is 0 Å². The van der Waals surface area contributed by atoms with Gasteiger partial charge in [0.25, 0.3) is 5.56 Å². The molecule has 22 heavy (non-hydrogen) atoms. The minimum absolute atomic E-state index is 0.0202. The van der Waals surface area contributed by atoms with Crippen molar-refractivity contribution in [1.82, 2.24) is 9.55 Å². The fourth-order valence-electron chi connectivity index (χ4n) is 2.90. The van der Waals surface area contributed by atoms with Gasteiger partial charge in [0.15, 0.2) is 0 Å². The van der Waals surface area contributed by atoms with Crippen LogP contribution < -0.4 is 5.56 Å². The molecule has 1 aliphatic rings. The molecule has 0 N–H and O–H groups in total. The predicted octanol–water partition coefficient (Wildman–Crippen LogP) is 2.43. The Morgan fingerprint density at radius 1 is 1.41 bits per heavy atom. The summed E-state index contributed by atoms with van der Waals surface area (Å²) in [5, 5.41) is 0.619. The molecule has 1 aliphatic heterocycles. The zero-order valence-electron chi connectivity index (χ0n) is 13.2. The summed E-state index contributed by atoms with van der Waals surface area (Å²) >= 11 is 0. The first-order chi connectivity index (χ1) is 10.4. The maximum Gasteiger partial charge on any atom is 0.302 e. The molecule has 116 valence electrons.